The van der Waals surface area contributed by atoms with Crippen molar-refractivity contribution in [1.29, 1.82) is 0 Å². The number of para-hydroxylation sites is 2. The topological polar surface area (TPSA) is 29.5 Å². The van der Waals surface area contributed by atoms with Gasteiger partial charge in [0.25, 0.3) is 0 Å². The molecule has 0 aliphatic heterocycles. The van der Waals surface area contributed by atoms with E-state index >= 15 is 0 Å². The van der Waals surface area contributed by atoms with Crippen molar-refractivity contribution in [2.24, 2.45) is 0 Å². The second-order valence-electron chi connectivity index (χ2n) is 13.7. The number of furan rings is 2. The van der Waals surface area contributed by atoms with Crippen molar-refractivity contribution in [3.05, 3.63) is 188 Å². The Hall–Kier alpha value is -7.10. The highest BCUT2D eigenvalue weighted by atomic mass is 16.3. The molecule has 0 aliphatic rings. The van der Waals surface area contributed by atoms with Crippen LogP contribution >= 0.6 is 0 Å². The Morgan fingerprint density at radius 1 is 0.302 bits per heavy atom. The number of fused-ring (bicyclic) bond motifs is 9. The fraction of sp³-hybridized carbons (Fsp3) is 0. The SMILES string of the molecule is c1ccc(-c2cc3oc4ccccc4c3c3cc(-c4ccc(N(c5ccc6ccccc6c5)c5ccc6c(c5)oc5ccccc56)cc4)ccc23)cc1. The Bertz CT molecular complexity index is 3170. The molecular formula is C50H31NO2. The van der Waals surface area contributed by atoms with Gasteiger partial charge in [-0.3, -0.25) is 0 Å². The summed E-state index contributed by atoms with van der Waals surface area (Å²) in [7, 11) is 0. The normalized spacial score (nSPS) is 11.8. The molecule has 0 fully saturated rings. The van der Waals surface area contributed by atoms with Crippen molar-refractivity contribution >= 4 is 82.5 Å². The van der Waals surface area contributed by atoms with Crippen LogP contribution in [-0.4, -0.2) is 0 Å². The maximum atomic E-state index is 6.45. The van der Waals surface area contributed by atoms with E-state index in [4.69, 9.17) is 8.83 Å². The summed E-state index contributed by atoms with van der Waals surface area (Å²) in [6.07, 6.45) is 0. The van der Waals surface area contributed by atoms with Crippen LogP contribution in [0.2, 0.25) is 0 Å². The molecule has 2 heterocycles. The molecule has 53 heavy (non-hydrogen) atoms. The van der Waals surface area contributed by atoms with Gasteiger partial charge in [-0.15, -0.1) is 0 Å². The highest BCUT2D eigenvalue weighted by Gasteiger charge is 2.18. The molecule has 248 valence electrons. The summed E-state index contributed by atoms with van der Waals surface area (Å²) in [5, 5.41) is 9.33. The molecule has 9 aromatic carbocycles. The lowest BCUT2D eigenvalue weighted by atomic mass is 9.92. The van der Waals surface area contributed by atoms with Crippen molar-refractivity contribution in [3.63, 3.8) is 0 Å². The van der Waals surface area contributed by atoms with E-state index in [2.05, 4.69) is 175 Å². The first-order valence-electron chi connectivity index (χ1n) is 18.0. The van der Waals surface area contributed by atoms with E-state index in [9.17, 15) is 0 Å². The summed E-state index contributed by atoms with van der Waals surface area (Å²) in [6.45, 7) is 0. The minimum absolute atomic E-state index is 0.871. The number of anilines is 3. The van der Waals surface area contributed by atoms with Gasteiger partial charge in [-0.25, -0.2) is 0 Å². The zero-order valence-electron chi connectivity index (χ0n) is 28.7. The second-order valence-corrected chi connectivity index (χ2v) is 13.7. The smallest absolute Gasteiger partial charge is 0.137 e. The quantitative estimate of drug-likeness (QED) is 0.182. The van der Waals surface area contributed by atoms with E-state index in [0.717, 1.165) is 72.1 Å². The van der Waals surface area contributed by atoms with Gasteiger partial charge in [0.1, 0.15) is 22.3 Å². The predicted molar refractivity (Wildman–Crippen MR) is 222 cm³/mol. The molecule has 3 heteroatoms. The first-order chi connectivity index (χ1) is 26.2. The van der Waals surface area contributed by atoms with Crippen molar-refractivity contribution in [2.45, 2.75) is 0 Å². The van der Waals surface area contributed by atoms with Gasteiger partial charge < -0.3 is 13.7 Å². The highest BCUT2D eigenvalue weighted by Crippen LogP contribution is 2.43. The maximum absolute atomic E-state index is 6.45. The molecule has 0 bridgehead atoms. The molecule has 0 amide bonds. The molecule has 0 N–H and O–H groups in total. The van der Waals surface area contributed by atoms with Crippen molar-refractivity contribution in [3.8, 4) is 22.3 Å². The lowest BCUT2D eigenvalue weighted by Crippen LogP contribution is -2.09. The van der Waals surface area contributed by atoms with Gasteiger partial charge in [0.15, 0.2) is 0 Å². The van der Waals surface area contributed by atoms with Crippen LogP contribution in [0.5, 0.6) is 0 Å². The minimum atomic E-state index is 0.871. The Kier molecular flexibility index (Phi) is 6.55. The highest BCUT2D eigenvalue weighted by molar-refractivity contribution is 6.22. The summed E-state index contributed by atoms with van der Waals surface area (Å²) < 4.78 is 12.8. The minimum Gasteiger partial charge on any atom is -0.456 e. The molecule has 0 aliphatic carbocycles. The van der Waals surface area contributed by atoms with Gasteiger partial charge in [-0.05, 0) is 104 Å². The molecule has 0 unspecified atom stereocenters. The molecule has 0 saturated carbocycles. The third-order valence-corrected chi connectivity index (χ3v) is 10.6. The van der Waals surface area contributed by atoms with Gasteiger partial charge in [0, 0.05) is 44.7 Å². The zero-order chi connectivity index (χ0) is 34.9. The van der Waals surface area contributed by atoms with Gasteiger partial charge >= 0.3 is 0 Å². The Morgan fingerprint density at radius 3 is 1.75 bits per heavy atom. The standard InChI is InChI=1S/C50H31NO2/c1-2-11-34(12-3-1)44-31-49-50(43-15-7-9-17-47(43)53-49)45-29-36(21-26-40(44)45)33-18-22-37(23-19-33)51(38-24-20-32-10-4-5-13-35(32)28-38)39-25-27-42-41-14-6-8-16-46(41)52-48(42)30-39/h1-31H. The molecule has 0 saturated heterocycles. The average molecular weight is 678 g/mol. The van der Waals surface area contributed by atoms with Crippen molar-refractivity contribution in [1.82, 2.24) is 0 Å². The number of hydrogen-bond donors (Lipinski definition) is 0. The number of hydrogen-bond acceptors (Lipinski definition) is 3. The lowest BCUT2D eigenvalue weighted by Gasteiger charge is -2.26. The van der Waals surface area contributed by atoms with Crippen molar-refractivity contribution in [2.75, 3.05) is 4.90 Å². The van der Waals surface area contributed by atoms with Crippen LogP contribution in [0.4, 0.5) is 17.1 Å². The summed E-state index contributed by atoms with van der Waals surface area (Å²) in [5.41, 5.74) is 11.4. The molecule has 0 radical (unpaired) electrons. The molecule has 11 aromatic rings. The van der Waals surface area contributed by atoms with Crippen LogP contribution < -0.4 is 4.90 Å². The van der Waals surface area contributed by atoms with E-state index in [-0.39, 0.29) is 0 Å². The van der Waals surface area contributed by atoms with Gasteiger partial charge in [0.2, 0.25) is 0 Å². The third-order valence-electron chi connectivity index (χ3n) is 10.6. The summed E-state index contributed by atoms with van der Waals surface area (Å²) >= 11 is 0. The number of rotatable bonds is 5. The maximum Gasteiger partial charge on any atom is 0.137 e. The Labute approximate surface area is 305 Å². The molecular weight excluding hydrogens is 647 g/mol. The molecule has 0 spiro atoms. The van der Waals surface area contributed by atoms with Crippen LogP contribution in [0.25, 0.3) is 87.7 Å². The zero-order valence-corrected chi connectivity index (χ0v) is 28.7. The fourth-order valence-electron chi connectivity index (χ4n) is 8.09. The van der Waals surface area contributed by atoms with Crippen molar-refractivity contribution < 1.29 is 8.83 Å². The van der Waals surface area contributed by atoms with E-state index < -0.39 is 0 Å². The van der Waals surface area contributed by atoms with Crippen LogP contribution in [0.15, 0.2) is 197 Å². The van der Waals surface area contributed by atoms with Gasteiger partial charge in [-0.2, -0.15) is 0 Å². The number of nitrogens with zero attached hydrogens (tertiary/aromatic N) is 1. The summed E-state index contributed by atoms with van der Waals surface area (Å²) in [4.78, 5) is 2.32. The predicted octanol–water partition coefficient (Wildman–Crippen LogP) is 14.6. The monoisotopic (exact) mass is 677 g/mol. The Balaban J connectivity index is 1.06. The molecule has 0 atom stereocenters. The number of benzene rings is 9. The summed E-state index contributed by atoms with van der Waals surface area (Å²) in [6, 6.07) is 66.8. The van der Waals surface area contributed by atoms with E-state index in [0.29, 0.717) is 0 Å². The molecule has 3 nitrogen and oxygen atoms in total. The van der Waals surface area contributed by atoms with Gasteiger partial charge in [0.05, 0.1) is 0 Å². The fourth-order valence-corrected chi connectivity index (χ4v) is 8.09. The van der Waals surface area contributed by atoms with E-state index in [1.165, 1.54) is 32.7 Å². The largest absolute Gasteiger partial charge is 0.456 e. The molecule has 11 rings (SSSR count). The molecule has 2 aromatic heterocycles. The van der Waals surface area contributed by atoms with Crippen LogP contribution in [0, 0.1) is 0 Å². The van der Waals surface area contributed by atoms with Crippen LogP contribution in [-0.2, 0) is 0 Å². The van der Waals surface area contributed by atoms with Crippen LogP contribution in [0.1, 0.15) is 0 Å². The van der Waals surface area contributed by atoms with E-state index in [1.54, 1.807) is 0 Å². The first-order valence-corrected chi connectivity index (χ1v) is 18.0. The summed E-state index contributed by atoms with van der Waals surface area (Å²) in [5.74, 6) is 0. The van der Waals surface area contributed by atoms with Gasteiger partial charge in [-0.1, -0.05) is 121 Å². The van der Waals surface area contributed by atoms with Crippen LogP contribution in [0.3, 0.4) is 0 Å². The van der Waals surface area contributed by atoms with E-state index in [1.807, 2.05) is 18.2 Å². The Morgan fingerprint density at radius 2 is 0.906 bits per heavy atom. The lowest BCUT2D eigenvalue weighted by molar-refractivity contribution is 0.668. The second kappa shape index (κ2) is 11.7. The third kappa shape index (κ3) is 4.82. The average Bonchev–Trinajstić information content (AvgIpc) is 3.79. The first kappa shape index (κ1) is 29.6.